The molecule has 1 heterocycles. The summed E-state index contributed by atoms with van der Waals surface area (Å²) in [7, 11) is 0. The summed E-state index contributed by atoms with van der Waals surface area (Å²) in [6.45, 7) is 5.18. The molecular formula is C14H26N2O3. The molecule has 0 aromatic heterocycles. The molecule has 19 heavy (non-hydrogen) atoms. The van der Waals surface area contributed by atoms with Gasteiger partial charge in [-0.2, -0.15) is 0 Å². The number of rotatable bonds is 5. The summed E-state index contributed by atoms with van der Waals surface area (Å²) in [6.07, 6.45) is 5.86. The highest BCUT2D eigenvalue weighted by molar-refractivity contribution is 5.74. The molecule has 0 spiro atoms. The molecule has 5 heteroatoms. The van der Waals surface area contributed by atoms with E-state index < -0.39 is 5.97 Å². The Bertz CT molecular complexity index is 307. The molecule has 2 unspecified atom stereocenters. The summed E-state index contributed by atoms with van der Waals surface area (Å²) in [4.78, 5) is 24.6. The third-order valence-corrected chi connectivity index (χ3v) is 3.83. The maximum absolute atomic E-state index is 12.0. The molecule has 5 nitrogen and oxygen atoms in total. The molecule has 1 aliphatic heterocycles. The highest BCUT2D eigenvalue weighted by atomic mass is 16.4. The predicted molar refractivity (Wildman–Crippen MR) is 74.1 cm³/mol. The van der Waals surface area contributed by atoms with Gasteiger partial charge in [0, 0.05) is 19.1 Å². The minimum absolute atomic E-state index is 0.00243. The lowest BCUT2D eigenvalue weighted by molar-refractivity contribution is -0.141. The molecule has 0 aliphatic carbocycles. The first-order chi connectivity index (χ1) is 9.02. The van der Waals surface area contributed by atoms with Crippen molar-refractivity contribution < 1.29 is 14.7 Å². The van der Waals surface area contributed by atoms with Gasteiger partial charge in [-0.1, -0.05) is 19.8 Å². The number of urea groups is 1. The topological polar surface area (TPSA) is 69.6 Å². The van der Waals surface area contributed by atoms with Crippen LogP contribution in [0.2, 0.25) is 0 Å². The van der Waals surface area contributed by atoms with Crippen LogP contribution in [0.3, 0.4) is 0 Å². The zero-order valence-corrected chi connectivity index (χ0v) is 12.0. The summed E-state index contributed by atoms with van der Waals surface area (Å²) in [5.74, 6) is -1.11. The number of amides is 2. The van der Waals surface area contributed by atoms with Crippen LogP contribution in [0.15, 0.2) is 0 Å². The summed E-state index contributed by atoms with van der Waals surface area (Å²) < 4.78 is 0. The average Bonchev–Trinajstić information content (AvgIpc) is 2.58. The zero-order valence-electron chi connectivity index (χ0n) is 12.0. The fourth-order valence-corrected chi connectivity index (χ4v) is 2.41. The third kappa shape index (κ3) is 5.49. The molecule has 2 amide bonds. The van der Waals surface area contributed by atoms with E-state index in [-0.39, 0.29) is 11.9 Å². The first kappa shape index (κ1) is 15.8. The van der Waals surface area contributed by atoms with Gasteiger partial charge in [-0.15, -0.1) is 0 Å². The number of nitrogens with zero attached hydrogens (tertiary/aromatic N) is 1. The fourth-order valence-electron chi connectivity index (χ4n) is 2.41. The summed E-state index contributed by atoms with van der Waals surface area (Å²) in [5.41, 5.74) is 0. The second kappa shape index (κ2) is 8.02. The van der Waals surface area contributed by atoms with Crippen molar-refractivity contribution in [2.24, 2.45) is 5.92 Å². The van der Waals surface area contributed by atoms with Gasteiger partial charge in [0.25, 0.3) is 0 Å². The van der Waals surface area contributed by atoms with Gasteiger partial charge >= 0.3 is 12.0 Å². The zero-order chi connectivity index (χ0) is 14.3. The van der Waals surface area contributed by atoms with Gasteiger partial charge in [-0.05, 0) is 32.6 Å². The summed E-state index contributed by atoms with van der Waals surface area (Å²) in [6, 6.07) is 0.304. The lowest BCUT2D eigenvalue weighted by Gasteiger charge is -2.27. The lowest BCUT2D eigenvalue weighted by atomic mass is 10.1. The maximum atomic E-state index is 12.0. The van der Waals surface area contributed by atoms with E-state index in [0.29, 0.717) is 25.4 Å². The maximum Gasteiger partial charge on any atom is 0.317 e. The van der Waals surface area contributed by atoms with Crippen LogP contribution in [0.5, 0.6) is 0 Å². The van der Waals surface area contributed by atoms with Gasteiger partial charge in [0.05, 0.1) is 5.92 Å². The Kier molecular flexibility index (Phi) is 6.67. The molecule has 0 aromatic carbocycles. The first-order valence-corrected chi connectivity index (χ1v) is 7.29. The first-order valence-electron chi connectivity index (χ1n) is 7.29. The second-order valence-electron chi connectivity index (χ2n) is 5.51. The number of hydrogen-bond donors (Lipinski definition) is 2. The molecule has 110 valence electrons. The van der Waals surface area contributed by atoms with Crippen molar-refractivity contribution in [3.05, 3.63) is 0 Å². The smallest absolute Gasteiger partial charge is 0.317 e. The molecular weight excluding hydrogens is 244 g/mol. The largest absolute Gasteiger partial charge is 0.481 e. The number of carboxylic acids is 1. The minimum atomic E-state index is -0.771. The standard InChI is InChI=1S/C14H26N2O3/c1-11(13(17)18)7-6-9-15-14(19)16-10-5-3-4-8-12(16)2/h11-12H,3-10H2,1-2H3,(H,15,19)(H,17,18). The summed E-state index contributed by atoms with van der Waals surface area (Å²) in [5, 5.41) is 11.7. The van der Waals surface area contributed by atoms with Gasteiger partial charge in [-0.3, -0.25) is 4.79 Å². The van der Waals surface area contributed by atoms with Gasteiger partial charge < -0.3 is 15.3 Å². The van der Waals surface area contributed by atoms with E-state index in [1.54, 1.807) is 6.92 Å². The Morgan fingerprint density at radius 2 is 2.11 bits per heavy atom. The van der Waals surface area contributed by atoms with Crippen molar-refractivity contribution in [3.63, 3.8) is 0 Å². The normalized spacial score (nSPS) is 21.6. The number of carbonyl (C=O) groups excluding carboxylic acids is 1. The number of aliphatic carboxylic acids is 1. The monoisotopic (exact) mass is 270 g/mol. The number of carbonyl (C=O) groups is 2. The molecule has 0 bridgehead atoms. The highest BCUT2D eigenvalue weighted by Crippen LogP contribution is 2.16. The minimum Gasteiger partial charge on any atom is -0.481 e. The van der Waals surface area contributed by atoms with E-state index >= 15 is 0 Å². The Hall–Kier alpha value is -1.26. The Balaban J connectivity index is 2.24. The van der Waals surface area contributed by atoms with Gasteiger partial charge in [-0.25, -0.2) is 4.79 Å². The van der Waals surface area contributed by atoms with Crippen molar-refractivity contribution in [3.8, 4) is 0 Å². The van der Waals surface area contributed by atoms with Gasteiger partial charge in [0.1, 0.15) is 0 Å². The number of nitrogens with one attached hydrogen (secondary N) is 1. The van der Waals surface area contributed by atoms with Crippen LogP contribution in [0.25, 0.3) is 0 Å². The molecule has 1 fully saturated rings. The van der Waals surface area contributed by atoms with E-state index in [0.717, 1.165) is 19.4 Å². The van der Waals surface area contributed by atoms with E-state index in [9.17, 15) is 9.59 Å². The molecule has 2 atom stereocenters. The molecule has 0 saturated carbocycles. The predicted octanol–water partition coefficient (Wildman–Crippen LogP) is 2.46. The quantitative estimate of drug-likeness (QED) is 0.754. The van der Waals surface area contributed by atoms with Crippen LogP contribution in [-0.4, -0.2) is 41.1 Å². The van der Waals surface area contributed by atoms with Crippen molar-refractivity contribution in [2.75, 3.05) is 13.1 Å². The van der Waals surface area contributed by atoms with Crippen molar-refractivity contribution in [2.45, 2.75) is 58.4 Å². The number of likely N-dealkylation sites (tertiary alicyclic amines) is 1. The van der Waals surface area contributed by atoms with Crippen LogP contribution >= 0.6 is 0 Å². The molecule has 2 N–H and O–H groups in total. The van der Waals surface area contributed by atoms with Crippen LogP contribution in [0.1, 0.15) is 52.4 Å². The summed E-state index contributed by atoms with van der Waals surface area (Å²) >= 11 is 0. The fraction of sp³-hybridized carbons (Fsp3) is 0.857. The second-order valence-corrected chi connectivity index (χ2v) is 5.51. The van der Waals surface area contributed by atoms with E-state index in [1.807, 2.05) is 4.90 Å². The number of hydrogen-bond acceptors (Lipinski definition) is 2. The molecule has 0 radical (unpaired) electrons. The van der Waals surface area contributed by atoms with Crippen LogP contribution < -0.4 is 5.32 Å². The Morgan fingerprint density at radius 1 is 1.37 bits per heavy atom. The van der Waals surface area contributed by atoms with E-state index in [1.165, 1.54) is 12.8 Å². The Labute approximate surface area is 115 Å². The van der Waals surface area contributed by atoms with E-state index in [2.05, 4.69) is 12.2 Å². The van der Waals surface area contributed by atoms with Gasteiger partial charge in [0.2, 0.25) is 0 Å². The molecule has 1 aliphatic rings. The van der Waals surface area contributed by atoms with Crippen molar-refractivity contribution in [1.82, 2.24) is 10.2 Å². The average molecular weight is 270 g/mol. The lowest BCUT2D eigenvalue weighted by Crippen LogP contribution is -2.45. The van der Waals surface area contributed by atoms with Crippen LogP contribution in [0.4, 0.5) is 4.79 Å². The molecule has 1 saturated heterocycles. The van der Waals surface area contributed by atoms with Crippen molar-refractivity contribution >= 4 is 12.0 Å². The Morgan fingerprint density at radius 3 is 2.79 bits per heavy atom. The molecule has 1 rings (SSSR count). The van der Waals surface area contributed by atoms with E-state index in [4.69, 9.17) is 5.11 Å². The third-order valence-electron chi connectivity index (χ3n) is 3.83. The van der Waals surface area contributed by atoms with Crippen LogP contribution in [0, 0.1) is 5.92 Å². The number of carboxylic acid groups (broad SMARTS) is 1. The highest BCUT2D eigenvalue weighted by Gasteiger charge is 2.21. The SMILES string of the molecule is CC(CCCNC(=O)N1CCCCCC1C)C(=O)O. The van der Waals surface area contributed by atoms with Crippen LogP contribution in [-0.2, 0) is 4.79 Å². The van der Waals surface area contributed by atoms with Crippen molar-refractivity contribution in [1.29, 1.82) is 0 Å². The van der Waals surface area contributed by atoms with Gasteiger partial charge in [0.15, 0.2) is 0 Å². The molecule has 0 aromatic rings.